The van der Waals surface area contributed by atoms with Crippen molar-refractivity contribution in [2.24, 2.45) is 11.8 Å². The second-order valence-corrected chi connectivity index (χ2v) is 27.2. The smallest absolute Gasteiger partial charge is 0.305 e. The average Bonchev–Trinajstić information content (AvgIpc) is 3.51. The first-order valence-corrected chi connectivity index (χ1v) is 38.7. The topological polar surface area (TPSA) is 96.5 Å². The van der Waals surface area contributed by atoms with Crippen molar-refractivity contribution in [2.45, 2.75) is 401 Å². The maximum atomic E-state index is 13.5. The Morgan fingerprint density at radius 3 is 0.756 bits per heavy atom. The lowest BCUT2D eigenvalue weighted by molar-refractivity contribution is -0.146. The van der Waals surface area contributed by atoms with Crippen molar-refractivity contribution in [3.05, 3.63) is 0 Å². The Labute approximate surface area is 537 Å². The fourth-order valence-electron chi connectivity index (χ4n) is 12.5. The predicted octanol–water partition coefficient (Wildman–Crippen LogP) is 22.9. The van der Waals surface area contributed by atoms with Crippen molar-refractivity contribution < 1.29 is 28.7 Å². The van der Waals surface area contributed by atoms with Gasteiger partial charge in [0.15, 0.2) is 0 Å². The minimum atomic E-state index is -0.0341. The van der Waals surface area contributed by atoms with Crippen molar-refractivity contribution in [1.82, 2.24) is 14.7 Å². The molecular formula is C77H151N3O6. The first-order valence-electron chi connectivity index (χ1n) is 38.7. The summed E-state index contributed by atoms with van der Waals surface area (Å²) in [6.07, 6.45) is 64.8. The van der Waals surface area contributed by atoms with Crippen molar-refractivity contribution in [1.29, 1.82) is 0 Å². The van der Waals surface area contributed by atoms with E-state index < -0.39 is 0 Å². The minimum Gasteiger partial charge on any atom is -0.465 e. The zero-order valence-electron chi connectivity index (χ0n) is 59.2. The average molecular weight is 1220 g/mol. The van der Waals surface area contributed by atoms with Gasteiger partial charge in [-0.3, -0.25) is 19.2 Å². The van der Waals surface area contributed by atoms with E-state index in [-0.39, 0.29) is 11.9 Å². The van der Waals surface area contributed by atoms with Crippen molar-refractivity contribution in [2.75, 3.05) is 59.5 Å². The maximum Gasteiger partial charge on any atom is 0.305 e. The molecule has 0 N–H and O–H groups in total. The van der Waals surface area contributed by atoms with E-state index in [4.69, 9.17) is 9.47 Å². The molecule has 510 valence electrons. The highest BCUT2D eigenvalue weighted by Crippen LogP contribution is 2.23. The van der Waals surface area contributed by atoms with Gasteiger partial charge in [-0.15, -0.1) is 0 Å². The molecule has 0 aliphatic heterocycles. The fourth-order valence-corrected chi connectivity index (χ4v) is 12.5. The number of nitrogens with zero attached hydrogens (tertiary/aromatic N) is 3. The summed E-state index contributed by atoms with van der Waals surface area (Å²) in [6, 6.07) is 0. The van der Waals surface area contributed by atoms with Crippen molar-refractivity contribution in [3.63, 3.8) is 0 Å². The molecule has 0 aliphatic carbocycles. The highest BCUT2D eigenvalue weighted by molar-refractivity contribution is 5.76. The highest BCUT2D eigenvalue weighted by Gasteiger charge is 2.18. The lowest BCUT2D eigenvalue weighted by Crippen LogP contribution is -2.32. The van der Waals surface area contributed by atoms with Crippen LogP contribution in [0, 0.1) is 11.8 Å². The zero-order chi connectivity index (χ0) is 62.9. The highest BCUT2D eigenvalue weighted by atomic mass is 16.5. The Kier molecular flexibility index (Phi) is 65.5. The van der Waals surface area contributed by atoms with Gasteiger partial charge in [0.1, 0.15) is 0 Å². The van der Waals surface area contributed by atoms with Gasteiger partial charge >= 0.3 is 11.9 Å². The normalized spacial score (nSPS) is 12.3. The molecule has 0 aromatic carbocycles. The van der Waals surface area contributed by atoms with Crippen LogP contribution in [0.3, 0.4) is 0 Å². The van der Waals surface area contributed by atoms with Gasteiger partial charge in [0, 0.05) is 51.9 Å². The Bertz CT molecular complexity index is 1340. The summed E-state index contributed by atoms with van der Waals surface area (Å²) >= 11 is 0. The summed E-state index contributed by atoms with van der Waals surface area (Å²) in [5, 5.41) is 0. The molecular weight excluding hydrogens is 1060 g/mol. The number of unbranched alkanes of at least 4 members (excludes halogenated alkanes) is 38. The van der Waals surface area contributed by atoms with E-state index in [2.05, 4.69) is 63.3 Å². The molecule has 2 unspecified atom stereocenters. The van der Waals surface area contributed by atoms with Gasteiger partial charge in [0.25, 0.3) is 0 Å². The van der Waals surface area contributed by atoms with Crippen LogP contribution in [-0.4, -0.2) is 98.0 Å². The summed E-state index contributed by atoms with van der Waals surface area (Å²) in [6.45, 7) is 20.4. The number of carbonyl (C=O) groups is 4. The summed E-state index contributed by atoms with van der Waals surface area (Å²) in [7, 11) is 2.26. The van der Waals surface area contributed by atoms with Crippen LogP contribution in [0.1, 0.15) is 401 Å². The van der Waals surface area contributed by atoms with Crippen LogP contribution in [0.15, 0.2) is 0 Å². The standard InChI is InChI=1S/C77H151N3O6/c1-8-14-20-26-32-44-58-72(56-42-24-18-12-5)70-85-76(83)62-48-40-54-68-79(66-52-38-28-22-16-10-3)74(81)60-46-34-30-36-50-64-78(7)65-51-37-31-35-47-61-75(82)80(67-53-39-29-23-17-11-4)69-55-41-49-63-77(84)86-71-73(57-43-25-19-13-6)59-45-33-27-21-15-9-2/h72-73H,8-71H2,1-7H3. The summed E-state index contributed by atoms with van der Waals surface area (Å²) in [5.41, 5.74) is 0. The molecule has 0 spiro atoms. The largest absolute Gasteiger partial charge is 0.465 e. The summed E-state index contributed by atoms with van der Waals surface area (Å²) in [5.74, 6) is 1.60. The van der Waals surface area contributed by atoms with Crippen LogP contribution >= 0.6 is 0 Å². The molecule has 9 heteroatoms. The van der Waals surface area contributed by atoms with Gasteiger partial charge in [-0.05, 0) is 122 Å². The molecule has 2 amide bonds. The number of esters is 2. The molecule has 86 heavy (non-hydrogen) atoms. The Balaban J connectivity index is 4.59. The van der Waals surface area contributed by atoms with Gasteiger partial charge < -0.3 is 24.2 Å². The number of hydrogen-bond donors (Lipinski definition) is 0. The Morgan fingerprint density at radius 2 is 0.465 bits per heavy atom. The number of carbonyl (C=O) groups excluding carboxylic acids is 4. The quantitative estimate of drug-likeness (QED) is 0.0442. The van der Waals surface area contributed by atoms with E-state index in [0.29, 0.717) is 62.5 Å². The van der Waals surface area contributed by atoms with E-state index in [0.717, 1.165) is 116 Å². The van der Waals surface area contributed by atoms with Crippen LogP contribution in [0.2, 0.25) is 0 Å². The van der Waals surface area contributed by atoms with Crippen LogP contribution < -0.4 is 0 Å². The number of hydrogen-bond acceptors (Lipinski definition) is 7. The fraction of sp³-hybridized carbons (Fsp3) is 0.948. The molecule has 9 nitrogen and oxygen atoms in total. The molecule has 0 saturated heterocycles. The molecule has 0 aromatic rings. The van der Waals surface area contributed by atoms with Gasteiger partial charge in [-0.2, -0.15) is 0 Å². The molecule has 2 atom stereocenters. The van der Waals surface area contributed by atoms with Crippen molar-refractivity contribution >= 4 is 23.8 Å². The van der Waals surface area contributed by atoms with E-state index >= 15 is 0 Å². The number of rotatable bonds is 70. The second-order valence-electron chi connectivity index (χ2n) is 27.2. The number of amides is 2. The first-order chi connectivity index (χ1) is 42.1. The zero-order valence-corrected chi connectivity index (χ0v) is 59.2. The molecule has 0 fully saturated rings. The summed E-state index contributed by atoms with van der Waals surface area (Å²) in [4.78, 5) is 59.5. The SMILES string of the molecule is CCCCCCCCC(CCCCCC)COC(=O)CCCCCN(CCCCCCCC)C(=O)CCCCCCCN(C)CCCCCCCC(=O)N(CCCCCCCC)CCCCCC(=O)OCC(CCCCCC)CCCCCCCC. The third kappa shape index (κ3) is 58.2. The van der Waals surface area contributed by atoms with E-state index in [9.17, 15) is 19.2 Å². The van der Waals surface area contributed by atoms with E-state index in [1.54, 1.807) is 0 Å². The van der Waals surface area contributed by atoms with Gasteiger partial charge in [0.05, 0.1) is 13.2 Å². The number of ether oxygens (including phenoxy) is 2. The third-order valence-electron chi connectivity index (χ3n) is 18.6. The van der Waals surface area contributed by atoms with Gasteiger partial charge in [0.2, 0.25) is 11.8 Å². The molecule has 0 bridgehead atoms. The summed E-state index contributed by atoms with van der Waals surface area (Å²) < 4.78 is 11.8. The van der Waals surface area contributed by atoms with E-state index in [1.165, 1.54) is 257 Å². The maximum absolute atomic E-state index is 13.5. The lowest BCUT2D eigenvalue weighted by Gasteiger charge is -2.23. The molecule has 0 heterocycles. The van der Waals surface area contributed by atoms with Crippen LogP contribution in [0.25, 0.3) is 0 Å². The molecule has 0 radical (unpaired) electrons. The molecule has 0 aromatic heterocycles. The molecule has 0 rings (SSSR count). The van der Waals surface area contributed by atoms with Crippen LogP contribution in [0.5, 0.6) is 0 Å². The second kappa shape index (κ2) is 67.2. The Morgan fingerprint density at radius 1 is 0.256 bits per heavy atom. The third-order valence-corrected chi connectivity index (χ3v) is 18.6. The first kappa shape index (κ1) is 83.8. The minimum absolute atomic E-state index is 0.0341. The van der Waals surface area contributed by atoms with Crippen LogP contribution in [0.4, 0.5) is 0 Å². The lowest BCUT2D eigenvalue weighted by atomic mass is 9.95. The monoisotopic (exact) mass is 1210 g/mol. The van der Waals surface area contributed by atoms with Gasteiger partial charge in [-0.1, -0.05) is 286 Å². The molecule has 0 saturated carbocycles. The van der Waals surface area contributed by atoms with Crippen molar-refractivity contribution in [3.8, 4) is 0 Å². The van der Waals surface area contributed by atoms with Crippen LogP contribution in [-0.2, 0) is 28.7 Å². The van der Waals surface area contributed by atoms with E-state index in [1.807, 2.05) is 0 Å². The Hall–Kier alpha value is -2.16. The predicted molar refractivity (Wildman–Crippen MR) is 372 cm³/mol. The van der Waals surface area contributed by atoms with Gasteiger partial charge in [-0.25, -0.2) is 0 Å². The molecule has 0 aliphatic rings.